The number of hydrogen-bond donors (Lipinski definition) is 2. The number of nitrogens with zero attached hydrogens (tertiary/aromatic N) is 1. The monoisotopic (exact) mass is 383 g/mol. The van der Waals surface area contributed by atoms with E-state index in [-0.39, 0.29) is 13.2 Å². The molecule has 0 atom stereocenters. The maximum atomic E-state index is 12.1. The molecule has 1 amide bonds. The van der Waals surface area contributed by atoms with Crippen molar-refractivity contribution in [2.75, 3.05) is 6.54 Å². The van der Waals surface area contributed by atoms with E-state index in [9.17, 15) is 4.79 Å². The van der Waals surface area contributed by atoms with Gasteiger partial charge in [0, 0.05) is 6.54 Å². The third kappa shape index (κ3) is 4.82. The van der Waals surface area contributed by atoms with Crippen LogP contribution in [0.25, 0.3) is 6.08 Å². The third-order valence-corrected chi connectivity index (χ3v) is 5.07. The van der Waals surface area contributed by atoms with Crippen LogP contribution in [0.2, 0.25) is 0 Å². The summed E-state index contributed by atoms with van der Waals surface area (Å²) in [5.74, 6) is 0. The molecule has 148 valence electrons. The Morgan fingerprint density at radius 1 is 1.21 bits per heavy atom. The second-order valence-electron chi connectivity index (χ2n) is 7.73. The number of ether oxygens (including phenoxy) is 1. The van der Waals surface area contributed by atoms with Gasteiger partial charge >= 0.3 is 13.2 Å². The number of carbonyl (C=O) groups excluding carboxylic acids is 1. The Labute approximate surface area is 165 Å². The van der Waals surface area contributed by atoms with Gasteiger partial charge in [0.1, 0.15) is 6.61 Å². The maximum absolute atomic E-state index is 12.1. The van der Waals surface area contributed by atoms with Gasteiger partial charge in [0.05, 0.1) is 29.4 Å². The Kier molecular flexibility index (Phi) is 5.91. The molecule has 0 aliphatic carbocycles. The molecule has 1 aliphatic rings. The predicted molar refractivity (Wildman–Crippen MR) is 107 cm³/mol. The number of rotatable bonds is 6. The minimum Gasteiger partial charge on any atom is -0.445 e. The summed E-state index contributed by atoms with van der Waals surface area (Å²) in [7, 11) is -0.581. The first kappa shape index (κ1) is 20.2. The van der Waals surface area contributed by atoms with Crippen molar-refractivity contribution in [2.24, 2.45) is 0 Å². The SMILES string of the molecule is CC1(C)OB(C(=Cc2cnc[nH]2)CNC(=O)OCc2ccccc2)OC1(C)C. The number of aromatic nitrogens is 2. The number of carbonyl (C=O) groups is 1. The molecule has 0 radical (unpaired) electrons. The Bertz CT molecular complexity index is 803. The Morgan fingerprint density at radius 2 is 1.89 bits per heavy atom. The topological polar surface area (TPSA) is 85.5 Å². The minimum absolute atomic E-state index is 0.211. The van der Waals surface area contributed by atoms with Crippen molar-refractivity contribution in [3.05, 3.63) is 59.6 Å². The first-order valence-corrected chi connectivity index (χ1v) is 9.26. The lowest BCUT2D eigenvalue weighted by Crippen LogP contribution is -2.41. The Balaban J connectivity index is 1.64. The van der Waals surface area contributed by atoms with Crippen molar-refractivity contribution in [1.29, 1.82) is 0 Å². The highest BCUT2D eigenvalue weighted by molar-refractivity contribution is 6.56. The van der Waals surface area contributed by atoms with E-state index >= 15 is 0 Å². The van der Waals surface area contributed by atoms with Gasteiger partial charge in [0.15, 0.2) is 0 Å². The molecule has 2 heterocycles. The van der Waals surface area contributed by atoms with Crippen LogP contribution in [-0.4, -0.2) is 40.9 Å². The summed E-state index contributed by atoms with van der Waals surface area (Å²) in [6, 6.07) is 9.53. The molecular weight excluding hydrogens is 357 g/mol. The van der Waals surface area contributed by atoms with E-state index in [1.54, 1.807) is 12.5 Å². The molecule has 2 aromatic rings. The van der Waals surface area contributed by atoms with E-state index in [1.807, 2.05) is 64.1 Å². The van der Waals surface area contributed by atoms with Crippen molar-refractivity contribution in [1.82, 2.24) is 15.3 Å². The number of alkyl carbamates (subject to hydrolysis) is 1. The Hall–Kier alpha value is -2.58. The quantitative estimate of drug-likeness (QED) is 0.748. The molecular formula is C20H26BN3O4. The van der Waals surface area contributed by atoms with Crippen LogP contribution in [0.15, 0.2) is 48.3 Å². The molecule has 1 aromatic heterocycles. The van der Waals surface area contributed by atoms with Gasteiger partial charge in [-0.25, -0.2) is 9.78 Å². The number of benzene rings is 1. The van der Waals surface area contributed by atoms with E-state index in [2.05, 4.69) is 15.3 Å². The van der Waals surface area contributed by atoms with Crippen LogP contribution >= 0.6 is 0 Å². The molecule has 1 aromatic carbocycles. The summed E-state index contributed by atoms with van der Waals surface area (Å²) in [6.45, 7) is 8.39. The molecule has 2 N–H and O–H groups in total. The fourth-order valence-corrected chi connectivity index (χ4v) is 2.69. The van der Waals surface area contributed by atoms with Crippen LogP contribution in [0.4, 0.5) is 4.79 Å². The smallest absolute Gasteiger partial charge is 0.445 e. The van der Waals surface area contributed by atoms with E-state index in [0.717, 1.165) is 16.7 Å². The summed E-state index contributed by atoms with van der Waals surface area (Å²) in [5.41, 5.74) is 1.54. The highest BCUT2D eigenvalue weighted by Crippen LogP contribution is 2.38. The lowest BCUT2D eigenvalue weighted by Gasteiger charge is -2.32. The van der Waals surface area contributed by atoms with Gasteiger partial charge < -0.3 is 24.3 Å². The van der Waals surface area contributed by atoms with E-state index in [0.29, 0.717) is 0 Å². The van der Waals surface area contributed by atoms with Gasteiger partial charge in [-0.3, -0.25) is 0 Å². The molecule has 8 heteroatoms. The normalized spacial score (nSPS) is 18.1. The lowest BCUT2D eigenvalue weighted by atomic mass is 9.77. The second kappa shape index (κ2) is 8.20. The van der Waals surface area contributed by atoms with Crippen molar-refractivity contribution < 1.29 is 18.8 Å². The summed E-state index contributed by atoms with van der Waals surface area (Å²) < 4.78 is 17.5. The summed E-state index contributed by atoms with van der Waals surface area (Å²) in [4.78, 5) is 19.2. The number of amides is 1. The average molecular weight is 383 g/mol. The first-order chi connectivity index (χ1) is 13.3. The van der Waals surface area contributed by atoms with Crippen molar-refractivity contribution >= 4 is 19.3 Å². The average Bonchev–Trinajstić information content (AvgIpc) is 3.23. The molecule has 28 heavy (non-hydrogen) atoms. The van der Waals surface area contributed by atoms with Crippen molar-refractivity contribution in [2.45, 2.75) is 45.5 Å². The van der Waals surface area contributed by atoms with E-state index < -0.39 is 24.4 Å². The summed E-state index contributed by atoms with van der Waals surface area (Å²) in [6.07, 6.45) is 4.65. The zero-order valence-corrected chi connectivity index (χ0v) is 16.7. The summed E-state index contributed by atoms with van der Waals surface area (Å²) in [5, 5.41) is 2.77. The van der Waals surface area contributed by atoms with Gasteiger partial charge in [0.25, 0.3) is 0 Å². The first-order valence-electron chi connectivity index (χ1n) is 9.26. The number of H-pyrrole nitrogens is 1. The van der Waals surface area contributed by atoms with Crippen LogP contribution in [0.1, 0.15) is 39.0 Å². The largest absolute Gasteiger partial charge is 0.492 e. The zero-order chi connectivity index (χ0) is 20.2. The highest BCUT2D eigenvalue weighted by Gasteiger charge is 2.52. The van der Waals surface area contributed by atoms with Crippen LogP contribution in [0, 0.1) is 0 Å². The number of imidazole rings is 1. The van der Waals surface area contributed by atoms with E-state index in [1.165, 1.54) is 0 Å². The van der Waals surface area contributed by atoms with Gasteiger partial charge in [-0.1, -0.05) is 30.3 Å². The fraction of sp³-hybridized carbons (Fsp3) is 0.400. The zero-order valence-electron chi connectivity index (χ0n) is 16.7. The van der Waals surface area contributed by atoms with Crippen molar-refractivity contribution in [3.63, 3.8) is 0 Å². The van der Waals surface area contributed by atoms with Crippen LogP contribution < -0.4 is 5.32 Å². The molecule has 7 nitrogen and oxygen atoms in total. The minimum atomic E-state index is -0.581. The number of nitrogens with one attached hydrogen (secondary N) is 2. The van der Waals surface area contributed by atoms with Crippen molar-refractivity contribution in [3.8, 4) is 0 Å². The predicted octanol–water partition coefficient (Wildman–Crippen LogP) is 3.35. The molecule has 1 saturated heterocycles. The standard InChI is InChI=1S/C20H26BN3O4/c1-19(2)20(3,4)28-21(27-19)16(10-17-12-22-14-24-17)11-23-18(25)26-13-15-8-6-5-7-9-15/h5-10,12,14H,11,13H2,1-4H3,(H,22,24)(H,23,25). The van der Waals surface area contributed by atoms with Gasteiger partial charge in [0.2, 0.25) is 0 Å². The van der Waals surface area contributed by atoms with Crippen LogP contribution in [0.5, 0.6) is 0 Å². The molecule has 0 unspecified atom stereocenters. The highest BCUT2D eigenvalue weighted by atomic mass is 16.7. The van der Waals surface area contributed by atoms with Crippen LogP contribution in [0.3, 0.4) is 0 Å². The maximum Gasteiger partial charge on any atom is 0.492 e. The molecule has 3 rings (SSSR count). The Morgan fingerprint density at radius 3 is 2.50 bits per heavy atom. The molecule has 1 fully saturated rings. The molecule has 0 bridgehead atoms. The van der Waals surface area contributed by atoms with E-state index in [4.69, 9.17) is 14.0 Å². The molecule has 1 aliphatic heterocycles. The lowest BCUT2D eigenvalue weighted by molar-refractivity contribution is 0.00578. The summed E-state index contributed by atoms with van der Waals surface area (Å²) >= 11 is 0. The van der Waals surface area contributed by atoms with Gasteiger partial charge in [-0.15, -0.1) is 0 Å². The molecule has 0 saturated carbocycles. The van der Waals surface area contributed by atoms with Gasteiger partial charge in [-0.05, 0) is 44.8 Å². The fourth-order valence-electron chi connectivity index (χ4n) is 2.69. The second-order valence-corrected chi connectivity index (χ2v) is 7.73. The number of aromatic amines is 1. The van der Waals surface area contributed by atoms with Gasteiger partial charge in [-0.2, -0.15) is 0 Å². The third-order valence-electron chi connectivity index (χ3n) is 5.07. The number of hydrogen-bond acceptors (Lipinski definition) is 5. The van der Waals surface area contributed by atoms with Crippen LogP contribution in [-0.2, 0) is 20.7 Å². The molecule has 0 spiro atoms.